The molecule has 0 unspecified atom stereocenters. The Hall–Kier alpha value is -2.07. The van der Waals surface area contributed by atoms with Gasteiger partial charge in [-0.05, 0) is 32.6 Å². The summed E-state index contributed by atoms with van der Waals surface area (Å²) >= 11 is 0. The fourth-order valence-corrected chi connectivity index (χ4v) is 5.26. The van der Waals surface area contributed by atoms with Crippen LogP contribution in [-0.2, 0) is 10.0 Å². The lowest BCUT2D eigenvalue weighted by atomic mass is 10.1. The van der Waals surface area contributed by atoms with Crippen molar-refractivity contribution in [2.75, 3.05) is 24.7 Å². The highest BCUT2D eigenvalue weighted by Gasteiger charge is 2.27. The third kappa shape index (κ3) is 4.28. The number of anilines is 1. The van der Waals surface area contributed by atoms with E-state index in [2.05, 4.69) is 24.8 Å². The molecule has 0 aromatic carbocycles. The van der Waals surface area contributed by atoms with Crippen LogP contribution in [0.3, 0.4) is 0 Å². The average molecular weight is 423 g/mol. The maximum absolute atomic E-state index is 14.6. The van der Waals surface area contributed by atoms with Crippen LogP contribution in [0.2, 0.25) is 0 Å². The number of imidazole rings is 1. The van der Waals surface area contributed by atoms with E-state index < -0.39 is 15.8 Å². The quantitative estimate of drug-likeness (QED) is 0.796. The Morgan fingerprint density at radius 3 is 2.45 bits per heavy atom. The lowest BCUT2D eigenvalue weighted by Gasteiger charge is -2.30. The number of piperidine rings is 1. The van der Waals surface area contributed by atoms with Crippen molar-refractivity contribution in [2.45, 2.75) is 57.5 Å². The molecule has 1 aliphatic heterocycles. The summed E-state index contributed by atoms with van der Waals surface area (Å²) in [5.74, 6) is 0.755. The van der Waals surface area contributed by atoms with Gasteiger partial charge in [-0.25, -0.2) is 32.1 Å². The number of hydrogen-bond acceptors (Lipinski definition) is 6. The molecule has 4 rings (SSSR count). The molecule has 1 aliphatic carbocycles. The minimum Gasteiger partial charge on any atom is -0.351 e. The number of aromatic nitrogens is 4. The SMILES string of the molecule is Cc1ncc(-c2nc(NC3CCN(S(C)(=O)=O)CC3)ncc2F)n1C1CCCC1. The number of hydrogen-bond donors (Lipinski definition) is 1. The van der Waals surface area contributed by atoms with Gasteiger partial charge in [0.1, 0.15) is 11.5 Å². The monoisotopic (exact) mass is 422 g/mol. The van der Waals surface area contributed by atoms with Crippen molar-refractivity contribution >= 4 is 16.0 Å². The molecule has 158 valence electrons. The van der Waals surface area contributed by atoms with Gasteiger partial charge in [0, 0.05) is 25.2 Å². The predicted molar refractivity (Wildman–Crippen MR) is 109 cm³/mol. The van der Waals surface area contributed by atoms with E-state index in [0.717, 1.165) is 18.7 Å². The molecular weight excluding hydrogens is 395 g/mol. The van der Waals surface area contributed by atoms with E-state index >= 15 is 0 Å². The summed E-state index contributed by atoms with van der Waals surface area (Å²) in [5.41, 5.74) is 0.938. The molecule has 29 heavy (non-hydrogen) atoms. The Balaban J connectivity index is 1.54. The van der Waals surface area contributed by atoms with E-state index in [-0.39, 0.29) is 11.7 Å². The van der Waals surface area contributed by atoms with E-state index in [1.165, 1.54) is 29.6 Å². The van der Waals surface area contributed by atoms with Crippen molar-refractivity contribution in [3.05, 3.63) is 24.0 Å². The Bertz CT molecular complexity index is 979. The van der Waals surface area contributed by atoms with E-state index in [1.54, 1.807) is 6.20 Å². The first-order valence-electron chi connectivity index (χ1n) is 10.1. The molecule has 0 bridgehead atoms. The molecule has 1 saturated heterocycles. The average Bonchev–Trinajstić information content (AvgIpc) is 3.32. The first-order chi connectivity index (χ1) is 13.8. The van der Waals surface area contributed by atoms with Crippen molar-refractivity contribution in [1.82, 2.24) is 23.8 Å². The van der Waals surface area contributed by atoms with Gasteiger partial charge >= 0.3 is 0 Å². The molecule has 3 heterocycles. The van der Waals surface area contributed by atoms with Gasteiger partial charge in [0.05, 0.1) is 24.3 Å². The molecule has 2 aromatic heterocycles. The zero-order valence-corrected chi connectivity index (χ0v) is 17.6. The highest BCUT2D eigenvalue weighted by Crippen LogP contribution is 2.35. The van der Waals surface area contributed by atoms with Crippen molar-refractivity contribution < 1.29 is 12.8 Å². The standard InChI is InChI=1S/C19H27FN6O2S/c1-13-21-12-17(26(13)15-5-3-4-6-15)18-16(20)11-22-19(24-18)23-14-7-9-25(10-8-14)29(2,27)28/h11-12,14-15H,3-10H2,1-2H3,(H,22,23,24). The van der Waals surface area contributed by atoms with Crippen LogP contribution in [0.5, 0.6) is 0 Å². The Morgan fingerprint density at radius 2 is 1.79 bits per heavy atom. The van der Waals surface area contributed by atoms with Gasteiger partial charge in [0.25, 0.3) is 0 Å². The first kappa shape index (κ1) is 20.2. The van der Waals surface area contributed by atoms with E-state index in [4.69, 9.17) is 0 Å². The Labute approximate surface area is 170 Å². The minimum atomic E-state index is -3.17. The third-order valence-corrected chi connectivity index (χ3v) is 7.22. The summed E-state index contributed by atoms with van der Waals surface area (Å²) < 4.78 is 41.5. The topological polar surface area (TPSA) is 93.0 Å². The summed E-state index contributed by atoms with van der Waals surface area (Å²) in [6, 6.07) is 0.381. The summed E-state index contributed by atoms with van der Waals surface area (Å²) in [6.45, 7) is 2.85. The zero-order chi connectivity index (χ0) is 20.6. The number of sulfonamides is 1. The molecule has 8 nitrogen and oxygen atoms in total. The van der Waals surface area contributed by atoms with Crippen molar-refractivity contribution in [2.24, 2.45) is 0 Å². The molecule has 0 atom stereocenters. The molecule has 0 amide bonds. The molecule has 0 spiro atoms. The maximum Gasteiger partial charge on any atom is 0.223 e. The summed E-state index contributed by atoms with van der Waals surface area (Å²) in [5, 5.41) is 3.25. The third-order valence-electron chi connectivity index (χ3n) is 5.91. The Kier molecular flexibility index (Phi) is 5.56. The lowest BCUT2D eigenvalue weighted by Crippen LogP contribution is -2.42. The summed E-state index contributed by atoms with van der Waals surface area (Å²) in [7, 11) is -3.17. The second-order valence-electron chi connectivity index (χ2n) is 7.97. The van der Waals surface area contributed by atoms with Crippen LogP contribution in [0.4, 0.5) is 10.3 Å². The molecule has 10 heteroatoms. The molecule has 1 saturated carbocycles. The smallest absolute Gasteiger partial charge is 0.223 e. The van der Waals surface area contributed by atoms with Gasteiger partial charge in [0.2, 0.25) is 16.0 Å². The second-order valence-corrected chi connectivity index (χ2v) is 9.95. The van der Waals surface area contributed by atoms with E-state index in [9.17, 15) is 12.8 Å². The number of nitrogens with one attached hydrogen (secondary N) is 1. The van der Waals surface area contributed by atoms with Crippen LogP contribution < -0.4 is 5.32 Å². The van der Waals surface area contributed by atoms with Gasteiger partial charge in [-0.3, -0.25) is 0 Å². The van der Waals surface area contributed by atoms with E-state index in [0.29, 0.717) is 43.6 Å². The number of rotatable bonds is 5. The van der Waals surface area contributed by atoms with Crippen LogP contribution in [0.15, 0.2) is 12.4 Å². The van der Waals surface area contributed by atoms with Crippen LogP contribution in [0.1, 0.15) is 50.4 Å². The fourth-order valence-electron chi connectivity index (χ4n) is 4.38. The summed E-state index contributed by atoms with van der Waals surface area (Å²) in [4.78, 5) is 13.0. The van der Waals surface area contributed by atoms with Crippen molar-refractivity contribution in [1.29, 1.82) is 0 Å². The van der Waals surface area contributed by atoms with Gasteiger partial charge in [-0.1, -0.05) is 12.8 Å². The van der Waals surface area contributed by atoms with Crippen LogP contribution in [0.25, 0.3) is 11.4 Å². The molecule has 2 aliphatic rings. The van der Waals surface area contributed by atoms with Crippen LogP contribution in [0, 0.1) is 12.7 Å². The number of halogens is 1. The zero-order valence-electron chi connectivity index (χ0n) is 16.8. The highest BCUT2D eigenvalue weighted by molar-refractivity contribution is 7.88. The summed E-state index contributed by atoms with van der Waals surface area (Å²) in [6.07, 6.45) is 9.91. The number of nitrogens with zero attached hydrogens (tertiary/aromatic N) is 5. The van der Waals surface area contributed by atoms with Gasteiger partial charge in [-0.15, -0.1) is 0 Å². The Morgan fingerprint density at radius 1 is 1.10 bits per heavy atom. The maximum atomic E-state index is 14.6. The number of aryl methyl sites for hydroxylation is 1. The predicted octanol–water partition coefficient (Wildman–Crippen LogP) is 2.74. The first-order valence-corrected chi connectivity index (χ1v) is 12.0. The molecule has 2 fully saturated rings. The second kappa shape index (κ2) is 7.98. The van der Waals surface area contributed by atoms with Crippen LogP contribution >= 0.6 is 0 Å². The molecular formula is C19H27FN6O2S. The normalized spacial score (nSPS) is 19.7. The van der Waals surface area contributed by atoms with Crippen molar-refractivity contribution in [3.63, 3.8) is 0 Å². The van der Waals surface area contributed by atoms with E-state index in [1.807, 2.05) is 6.92 Å². The highest BCUT2D eigenvalue weighted by atomic mass is 32.2. The van der Waals surface area contributed by atoms with Gasteiger partial charge < -0.3 is 9.88 Å². The van der Waals surface area contributed by atoms with Crippen LogP contribution in [-0.4, -0.2) is 57.6 Å². The minimum absolute atomic E-state index is 0.0489. The molecule has 0 radical (unpaired) electrons. The van der Waals surface area contributed by atoms with Crippen molar-refractivity contribution in [3.8, 4) is 11.4 Å². The molecule has 1 N–H and O–H groups in total. The molecule has 2 aromatic rings. The fraction of sp³-hybridized carbons (Fsp3) is 0.632. The largest absolute Gasteiger partial charge is 0.351 e. The van der Waals surface area contributed by atoms with Gasteiger partial charge in [0.15, 0.2) is 5.82 Å². The van der Waals surface area contributed by atoms with Gasteiger partial charge in [-0.2, -0.15) is 0 Å². The lowest BCUT2D eigenvalue weighted by molar-refractivity contribution is 0.331.